The molecule has 0 bridgehead atoms. The van der Waals surface area contributed by atoms with Gasteiger partial charge >= 0.3 is 0 Å². The van der Waals surface area contributed by atoms with Gasteiger partial charge in [-0.1, -0.05) is 18.5 Å². The molecule has 2 heterocycles. The topological polar surface area (TPSA) is 74.2 Å². The summed E-state index contributed by atoms with van der Waals surface area (Å²) >= 11 is 0. The van der Waals surface area contributed by atoms with Gasteiger partial charge in [-0.05, 0) is 57.8 Å². The van der Waals surface area contributed by atoms with Crippen molar-refractivity contribution in [2.75, 3.05) is 6.61 Å². The van der Waals surface area contributed by atoms with Crippen LogP contribution < -0.4 is 5.73 Å². The van der Waals surface area contributed by atoms with Crippen molar-refractivity contribution >= 4 is 0 Å². The van der Waals surface area contributed by atoms with Crippen molar-refractivity contribution in [1.82, 2.24) is 10.1 Å². The lowest BCUT2D eigenvalue weighted by atomic mass is 9.76. The van der Waals surface area contributed by atoms with Gasteiger partial charge in [0, 0.05) is 6.61 Å². The summed E-state index contributed by atoms with van der Waals surface area (Å²) in [6.45, 7) is 5.07. The Hall–Kier alpha value is -0.940. The van der Waals surface area contributed by atoms with Crippen LogP contribution in [0.25, 0.3) is 0 Å². The summed E-state index contributed by atoms with van der Waals surface area (Å²) in [5, 5.41) is 4.18. The highest BCUT2D eigenvalue weighted by Crippen LogP contribution is 2.39. The van der Waals surface area contributed by atoms with Gasteiger partial charge in [0.25, 0.3) is 0 Å². The maximum Gasteiger partial charge on any atom is 0.246 e. The first-order chi connectivity index (χ1) is 10.1. The number of ether oxygens (including phenoxy) is 1. The lowest BCUT2D eigenvalue weighted by molar-refractivity contribution is -0.0770. The van der Waals surface area contributed by atoms with E-state index in [0.29, 0.717) is 11.7 Å². The smallest absolute Gasteiger partial charge is 0.246 e. The molecule has 1 aromatic rings. The van der Waals surface area contributed by atoms with Crippen LogP contribution in [0.3, 0.4) is 0 Å². The van der Waals surface area contributed by atoms with Crippen molar-refractivity contribution in [2.45, 2.75) is 76.4 Å². The molecule has 2 N–H and O–H groups in total. The molecule has 5 heteroatoms. The standard InChI is InChI=1S/C16H27N3O2/c1-3-12-6-9-16(17,10-7-12)14-18-13(19-21-14)15(2)8-4-5-11-20-15/h12H,3-11,17H2,1-2H3. The molecule has 1 aliphatic heterocycles. The summed E-state index contributed by atoms with van der Waals surface area (Å²) in [5.41, 5.74) is 5.70. The van der Waals surface area contributed by atoms with Gasteiger partial charge in [0.2, 0.25) is 11.7 Å². The largest absolute Gasteiger partial charge is 0.367 e. The van der Waals surface area contributed by atoms with Crippen molar-refractivity contribution in [3.05, 3.63) is 11.7 Å². The normalized spacial score (nSPS) is 37.6. The highest BCUT2D eigenvalue weighted by molar-refractivity contribution is 5.08. The quantitative estimate of drug-likeness (QED) is 0.926. The Labute approximate surface area is 126 Å². The van der Waals surface area contributed by atoms with Gasteiger partial charge in [-0.15, -0.1) is 0 Å². The molecule has 1 unspecified atom stereocenters. The molecule has 2 fully saturated rings. The first-order valence-electron chi connectivity index (χ1n) is 8.33. The number of hydrogen-bond donors (Lipinski definition) is 1. The second-order valence-corrected chi connectivity index (χ2v) is 6.97. The Morgan fingerprint density at radius 1 is 1.24 bits per heavy atom. The first kappa shape index (κ1) is 15.0. The van der Waals surface area contributed by atoms with E-state index in [1.165, 1.54) is 6.42 Å². The molecule has 0 spiro atoms. The van der Waals surface area contributed by atoms with E-state index < -0.39 is 11.1 Å². The van der Waals surface area contributed by atoms with E-state index in [1.54, 1.807) is 0 Å². The minimum absolute atomic E-state index is 0.406. The first-order valence-corrected chi connectivity index (χ1v) is 8.33. The van der Waals surface area contributed by atoms with Crippen LogP contribution in [-0.4, -0.2) is 16.7 Å². The second kappa shape index (κ2) is 5.69. The number of aromatic nitrogens is 2. The molecule has 1 saturated heterocycles. The Morgan fingerprint density at radius 3 is 2.62 bits per heavy atom. The summed E-state index contributed by atoms with van der Waals surface area (Å²) in [5.74, 6) is 2.06. The number of rotatable bonds is 3. The third-order valence-corrected chi connectivity index (χ3v) is 5.37. The Balaban J connectivity index is 1.75. The van der Waals surface area contributed by atoms with Crippen molar-refractivity contribution < 1.29 is 9.26 Å². The van der Waals surface area contributed by atoms with Crippen molar-refractivity contribution in [3.8, 4) is 0 Å². The van der Waals surface area contributed by atoms with E-state index in [2.05, 4.69) is 24.0 Å². The van der Waals surface area contributed by atoms with Gasteiger partial charge in [-0.2, -0.15) is 4.98 Å². The predicted octanol–water partition coefficient (Wildman–Crippen LogP) is 3.24. The lowest BCUT2D eigenvalue weighted by Crippen LogP contribution is -2.41. The molecule has 2 aliphatic rings. The zero-order valence-corrected chi connectivity index (χ0v) is 13.2. The number of hydrogen-bond acceptors (Lipinski definition) is 5. The van der Waals surface area contributed by atoms with Crippen LogP contribution in [-0.2, 0) is 15.9 Å². The van der Waals surface area contributed by atoms with E-state index in [4.69, 9.17) is 15.0 Å². The summed E-state index contributed by atoms with van der Waals surface area (Å²) in [4.78, 5) is 4.62. The molecule has 0 aromatic carbocycles. The SMILES string of the molecule is CCC1CCC(N)(c2nc(C3(C)CCCCO3)no2)CC1. The van der Waals surface area contributed by atoms with Crippen LogP contribution in [0.4, 0.5) is 0 Å². The molecule has 3 rings (SSSR count). The van der Waals surface area contributed by atoms with Crippen LogP contribution in [0.1, 0.15) is 76.9 Å². The van der Waals surface area contributed by atoms with E-state index in [1.807, 2.05) is 0 Å². The highest BCUT2D eigenvalue weighted by Gasteiger charge is 2.41. The average Bonchev–Trinajstić information content (AvgIpc) is 3.00. The molecule has 1 aromatic heterocycles. The third-order valence-electron chi connectivity index (χ3n) is 5.37. The van der Waals surface area contributed by atoms with Gasteiger partial charge in [0.15, 0.2) is 0 Å². The number of nitrogens with zero attached hydrogens (tertiary/aromatic N) is 2. The zero-order chi connectivity index (χ0) is 14.9. The molecule has 5 nitrogen and oxygen atoms in total. The van der Waals surface area contributed by atoms with E-state index in [0.717, 1.165) is 57.5 Å². The Bertz CT molecular complexity index is 472. The molecule has 0 radical (unpaired) electrons. The van der Waals surface area contributed by atoms with Crippen molar-refractivity contribution in [3.63, 3.8) is 0 Å². The molecular weight excluding hydrogens is 266 g/mol. The molecule has 1 saturated carbocycles. The Kier molecular flexibility index (Phi) is 4.06. The summed E-state index contributed by atoms with van der Waals surface area (Å²) in [6.07, 6.45) is 8.61. The van der Waals surface area contributed by atoms with Crippen molar-refractivity contribution in [2.24, 2.45) is 11.7 Å². The van der Waals surface area contributed by atoms with Crippen molar-refractivity contribution in [1.29, 1.82) is 0 Å². The van der Waals surface area contributed by atoms with E-state index in [9.17, 15) is 0 Å². The fourth-order valence-electron chi connectivity index (χ4n) is 3.57. The van der Waals surface area contributed by atoms with Gasteiger partial charge < -0.3 is 15.0 Å². The summed E-state index contributed by atoms with van der Waals surface area (Å²) < 4.78 is 11.4. The van der Waals surface area contributed by atoms with Crippen LogP contribution in [0.5, 0.6) is 0 Å². The monoisotopic (exact) mass is 293 g/mol. The second-order valence-electron chi connectivity index (χ2n) is 6.97. The van der Waals surface area contributed by atoms with E-state index in [-0.39, 0.29) is 0 Å². The molecular formula is C16H27N3O2. The molecule has 21 heavy (non-hydrogen) atoms. The van der Waals surface area contributed by atoms with E-state index >= 15 is 0 Å². The fourth-order valence-corrected chi connectivity index (χ4v) is 3.57. The Morgan fingerprint density at radius 2 is 2.00 bits per heavy atom. The van der Waals surface area contributed by atoms with Crippen LogP contribution in [0, 0.1) is 5.92 Å². The van der Waals surface area contributed by atoms with Gasteiger partial charge in [-0.25, -0.2) is 0 Å². The van der Waals surface area contributed by atoms with Crippen LogP contribution in [0.15, 0.2) is 4.52 Å². The summed E-state index contributed by atoms with van der Waals surface area (Å²) in [7, 11) is 0. The molecule has 118 valence electrons. The summed E-state index contributed by atoms with van der Waals surface area (Å²) in [6, 6.07) is 0. The number of nitrogens with two attached hydrogens (primary N) is 1. The minimum Gasteiger partial charge on any atom is -0.367 e. The minimum atomic E-state index is -0.443. The fraction of sp³-hybridized carbons (Fsp3) is 0.875. The maximum atomic E-state index is 6.55. The molecule has 1 atom stereocenters. The predicted molar refractivity (Wildman–Crippen MR) is 79.6 cm³/mol. The third kappa shape index (κ3) is 2.86. The average molecular weight is 293 g/mol. The maximum absolute atomic E-state index is 6.55. The van der Waals surface area contributed by atoms with Gasteiger partial charge in [0.1, 0.15) is 5.60 Å². The molecule has 1 aliphatic carbocycles. The van der Waals surface area contributed by atoms with Crippen LogP contribution >= 0.6 is 0 Å². The lowest BCUT2D eigenvalue weighted by Gasteiger charge is -2.34. The zero-order valence-electron chi connectivity index (χ0n) is 13.2. The van der Waals surface area contributed by atoms with Gasteiger partial charge in [0.05, 0.1) is 5.54 Å². The van der Waals surface area contributed by atoms with Gasteiger partial charge in [-0.3, -0.25) is 0 Å². The highest BCUT2D eigenvalue weighted by atomic mass is 16.5. The van der Waals surface area contributed by atoms with Crippen LogP contribution in [0.2, 0.25) is 0 Å². The molecule has 0 amide bonds.